The summed E-state index contributed by atoms with van der Waals surface area (Å²) >= 11 is 0. The molecule has 1 atom stereocenters. The molecule has 1 N–H and O–H groups in total. The predicted octanol–water partition coefficient (Wildman–Crippen LogP) is 1.97. The Kier molecular flexibility index (Phi) is 4.80. The second kappa shape index (κ2) is 7.17. The number of fused-ring (bicyclic) bond motifs is 1. The molecule has 3 aromatic rings. The average Bonchev–Trinajstić information content (AvgIpc) is 2.59. The lowest BCUT2D eigenvalue weighted by Gasteiger charge is -2.12. The van der Waals surface area contributed by atoms with Gasteiger partial charge in [0, 0.05) is 5.39 Å². The molecular formula is C18H18N2O3. The highest BCUT2D eigenvalue weighted by atomic mass is 16.5. The third-order valence-corrected chi connectivity index (χ3v) is 3.57. The maximum absolute atomic E-state index is 12.3. The summed E-state index contributed by atoms with van der Waals surface area (Å²) in [4.78, 5) is 12.3. The predicted molar refractivity (Wildman–Crippen MR) is 88.1 cm³/mol. The van der Waals surface area contributed by atoms with E-state index in [1.807, 2.05) is 48.5 Å². The number of aromatic nitrogens is 2. The minimum atomic E-state index is -0.787. The molecule has 5 nitrogen and oxygen atoms in total. The smallest absolute Gasteiger partial charge is 0.274 e. The summed E-state index contributed by atoms with van der Waals surface area (Å²) in [5.74, 6) is 0. The molecule has 0 unspecified atom stereocenters. The van der Waals surface area contributed by atoms with Crippen LogP contribution in [0.1, 0.15) is 5.56 Å². The maximum Gasteiger partial charge on any atom is 0.274 e. The van der Waals surface area contributed by atoms with Gasteiger partial charge in [0.2, 0.25) is 0 Å². The van der Waals surface area contributed by atoms with Gasteiger partial charge in [-0.3, -0.25) is 4.79 Å². The Morgan fingerprint density at radius 1 is 1.09 bits per heavy atom. The number of benzene rings is 2. The number of hydrogen-bond acceptors (Lipinski definition) is 4. The zero-order chi connectivity index (χ0) is 16.1. The van der Waals surface area contributed by atoms with E-state index in [0.29, 0.717) is 12.0 Å². The fourth-order valence-electron chi connectivity index (χ4n) is 2.40. The number of aliphatic hydroxyl groups is 1. The van der Waals surface area contributed by atoms with Crippen LogP contribution >= 0.6 is 0 Å². The Hall–Kier alpha value is -2.50. The van der Waals surface area contributed by atoms with Gasteiger partial charge in [-0.1, -0.05) is 48.5 Å². The van der Waals surface area contributed by atoms with Gasteiger partial charge in [-0.25, -0.2) is 4.68 Å². The molecule has 3 rings (SSSR count). The number of rotatable bonds is 6. The molecule has 23 heavy (non-hydrogen) atoms. The first-order valence-electron chi connectivity index (χ1n) is 7.48. The first kappa shape index (κ1) is 15.4. The first-order chi connectivity index (χ1) is 11.2. The van der Waals surface area contributed by atoms with E-state index in [1.165, 1.54) is 4.68 Å². The van der Waals surface area contributed by atoms with Crippen LogP contribution in [0.3, 0.4) is 0 Å². The average molecular weight is 310 g/mol. The Morgan fingerprint density at radius 2 is 1.83 bits per heavy atom. The fraction of sp³-hybridized carbons (Fsp3) is 0.222. The highest BCUT2D eigenvalue weighted by Crippen LogP contribution is 2.07. The van der Waals surface area contributed by atoms with Crippen molar-refractivity contribution in [1.82, 2.24) is 9.78 Å². The van der Waals surface area contributed by atoms with E-state index in [0.717, 1.165) is 10.9 Å². The minimum Gasteiger partial charge on any atom is -0.389 e. The van der Waals surface area contributed by atoms with Gasteiger partial charge in [-0.2, -0.15) is 5.10 Å². The monoisotopic (exact) mass is 310 g/mol. The van der Waals surface area contributed by atoms with Crippen molar-refractivity contribution in [2.45, 2.75) is 19.3 Å². The molecule has 1 aromatic heterocycles. The lowest BCUT2D eigenvalue weighted by molar-refractivity contribution is 0.0181. The van der Waals surface area contributed by atoms with E-state index >= 15 is 0 Å². The van der Waals surface area contributed by atoms with Gasteiger partial charge in [-0.05, 0) is 11.6 Å². The van der Waals surface area contributed by atoms with E-state index in [2.05, 4.69) is 5.10 Å². The van der Waals surface area contributed by atoms with Gasteiger partial charge in [0.15, 0.2) is 0 Å². The molecule has 0 fully saturated rings. The Bertz CT molecular complexity index is 830. The van der Waals surface area contributed by atoms with Crippen LogP contribution in [-0.2, 0) is 17.9 Å². The molecule has 0 saturated heterocycles. The molecule has 5 heteroatoms. The number of ether oxygens (including phenoxy) is 1. The van der Waals surface area contributed by atoms with Crippen LogP contribution in [0, 0.1) is 0 Å². The summed E-state index contributed by atoms with van der Waals surface area (Å²) in [7, 11) is 0. The van der Waals surface area contributed by atoms with Gasteiger partial charge in [-0.15, -0.1) is 0 Å². The third-order valence-electron chi connectivity index (χ3n) is 3.57. The third kappa shape index (κ3) is 3.83. The zero-order valence-corrected chi connectivity index (χ0v) is 12.6. The summed E-state index contributed by atoms with van der Waals surface area (Å²) in [5, 5.41) is 15.5. The van der Waals surface area contributed by atoms with E-state index < -0.39 is 6.10 Å². The van der Waals surface area contributed by atoms with Gasteiger partial charge in [0.05, 0.1) is 37.4 Å². The number of aliphatic hydroxyl groups excluding tert-OH is 1. The Morgan fingerprint density at radius 3 is 2.65 bits per heavy atom. The van der Waals surface area contributed by atoms with Gasteiger partial charge in [0.25, 0.3) is 5.56 Å². The van der Waals surface area contributed by atoms with Gasteiger partial charge >= 0.3 is 0 Å². The van der Waals surface area contributed by atoms with Crippen molar-refractivity contribution in [3.63, 3.8) is 0 Å². The standard InChI is InChI=1S/C18H18N2O3/c21-16(13-23-12-14-6-2-1-3-7-14)11-20-18(22)17-9-5-4-8-15(17)10-19-20/h1-10,16,21H,11-13H2/t16-/m1/s1. The largest absolute Gasteiger partial charge is 0.389 e. The summed E-state index contributed by atoms with van der Waals surface area (Å²) < 4.78 is 6.76. The van der Waals surface area contributed by atoms with Crippen molar-refractivity contribution in [2.24, 2.45) is 0 Å². The van der Waals surface area contributed by atoms with Crippen molar-refractivity contribution >= 4 is 10.8 Å². The van der Waals surface area contributed by atoms with Gasteiger partial charge in [0.1, 0.15) is 0 Å². The zero-order valence-electron chi connectivity index (χ0n) is 12.6. The SMILES string of the molecule is O=c1c2ccccc2cnn1C[C@@H](O)COCc1ccccc1. The van der Waals surface area contributed by atoms with Crippen molar-refractivity contribution in [3.8, 4) is 0 Å². The van der Waals surface area contributed by atoms with Crippen LogP contribution in [-0.4, -0.2) is 27.6 Å². The van der Waals surface area contributed by atoms with E-state index in [1.54, 1.807) is 12.3 Å². The fourth-order valence-corrected chi connectivity index (χ4v) is 2.40. The first-order valence-corrected chi connectivity index (χ1v) is 7.48. The molecule has 0 aliphatic rings. The molecule has 0 radical (unpaired) electrons. The molecule has 0 amide bonds. The molecule has 0 saturated carbocycles. The van der Waals surface area contributed by atoms with Crippen LogP contribution < -0.4 is 5.56 Å². The van der Waals surface area contributed by atoms with E-state index in [4.69, 9.17) is 4.74 Å². The molecule has 118 valence electrons. The summed E-state index contributed by atoms with van der Waals surface area (Å²) in [6.07, 6.45) is 0.846. The van der Waals surface area contributed by atoms with Crippen LogP contribution in [0.4, 0.5) is 0 Å². The van der Waals surface area contributed by atoms with Gasteiger partial charge < -0.3 is 9.84 Å². The molecule has 0 aliphatic carbocycles. The van der Waals surface area contributed by atoms with Crippen LogP contribution in [0.15, 0.2) is 65.6 Å². The summed E-state index contributed by atoms with van der Waals surface area (Å²) in [6.45, 7) is 0.687. The molecule has 0 bridgehead atoms. The summed E-state index contributed by atoms with van der Waals surface area (Å²) in [5.41, 5.74) is 0.839. The highest BCUT2D eigenvalue weighted by Gasteiger charge is 2.10. The highest BCUT2D eigenvalue weighted by molar-refractivity contribution is 5.80. The van der Waals surface area contributed by atoms with Crippen molar-refractivity contribution in [3.05, 3.63) is 76.7 Å². The molecule has 2 aromatic carbocycles. The van der Waals surface area contributed by atoms with Crippen molar-refractivity contribution < 1.29 is 9.84 Å². The lowest BCUT2D eigenvalue weighted by Crippen LogP contribution is -2.31. The Balaban J connectivity index is 1.60. The number of nitrogens with zero attached hydrogens (tertiary/aromatic N) is 2. The maximum atomic E-state index is 12.3. The molecule has 0 aliphatic heterocycles. The topological polar surface area (TPSA) is 64.4 Å². The quantitative estimate of drug-likeness (QED) is 0.756. The second-order valence-corrected chi connectivity index (χ2v) is 5.37. The molecule has 1 heterocycles. The van der Waals surface area contributed by atoms with Crippen molar-refractivity contribution in [1.29, 1.82) is 0 Å². The normalized spacial score (nSPS) is 12.4. The summed E-state index contributed by atoms with van der Waals surface area (Å²) in [6, 6.07) is 17.0. The lowest BCUT2D eigenvalue weighted by atomic mass is 10.2. The van der Waals surface area contributed by atoms with E-state index in [9.17, 15) is 9.90 Å². The van der Waals surface area contributed by atoms with Crippen molar-refractivity contribution in [2.75, 3.05) is 6.61 Å². The van der Waals surface area contributed by atoms with E-state index in [-0.39, 0.29) is 18.7 Å². The van der Waals surface area contributed by atoms with Crippen LogP contribution in [0.5, 0.6) is 0 Å². The minimum absolute atomic E-state index is 0.110. The van der Waals surface area contributed by atoms with Crippen LogP contribution in [0.25, 0.3) is 10.8 Å². The molecular weight excluding hydrogens is 292 g/mol. The second-order valence-electron chi connectivity index (χ2n) is 5.37. The number of hydrogen-bond donors (Lipinski definition) is 1. The van der Waals surface area contributed by atoms with Crippen LogP contribution in [0.2, 0.25) is 0 Å². The Labute approximate surface area is 133 Å². The molecule has 0 spiro atoms.